The highest BCUT2D eigenvalue weighted by atomic mass is 35.5. The van der Waals surface area contributed by atoms with Gasteiger partial charge in [-0.05, 0) is 55.9 Å². The number of nitrogens with zero attached hydrogens (tertiary/aromatic N) is 1. The Hall–Kier alpha value is -1.06. The fraction of sp³-hybridized carbons (Fsp3) is 0.533. The van der Waals surface area contributed by atoms with Gasteiger partial charge in [-0.15, -0.1) is 0 Å². The molecule has 1 aromatic rings. The van der Waals surface area contributed by atoms with Gasteiger partial charge in [0.25, 0.3) is 5.91 Å². The van der Waals surface area contributed by atoms with Gasteiger partial charge in [-0.3, -0.25) is 4.79 Å². The van der Waals surface area contributed by atoms with Gasteiger partial charge in [-0.25, -0.2) is 0 Å². The molecule has 1 amide bonds. The number of likely N-dealkylation sites (tertiary alicyclic amines) is 1. The number of aliphatic hydroxyl groups is 1. The molecule has 1 atom stereocenters. The number of carbonyl (C=O) groups is 1. The summed E-state index contributed by atoms with van der Waals surface area (Å²) in [6.45, 7) is 3.67. The molecule has 1 aromatic carbocycles. The minimum Gasteiger partial charge on any atom is -0.396 e. The zero-order chi connectivity index (χ0) is 13.8. The number of carbonyl (C=O) groups excluding carboxylic acids is 1. The van der Waals surface area contributed by atoms with Gasteiger partial charge >= 0.3 is 0 Å². The zero-order valence-corrected chi connectivity index (χ0v) is 12.0. The van der Waals surface area contributed by atoms with Crippen molar-refractivity contribution >= 4 is 17.5 Å². The number of amides is 1. The minimum absolute atomic E-state index is 0.0804. The van der Waals surface area contributed by atoms with Crippen molar-refractivity contribution in [2.24, 2.45) is 5.92 Å². The predicted octanol–water partition coefficient (Wildman–Crippen LogP) is 2.88. The van der Waals surface area contributed by atoms with Crippen LogP contribution in [0.3, 0.4) is 0 Å². The highest BCUT2D eigenvalue weighted by molar-refractivity contribution is 6.30. The van der Waals surface area contributed by atoms with E-state index in [4.69, 9.17) is 16.7 Å². The maximum Gasteiger partial charge on any atom is 0.254 e. The van der Waals surface area contributed by atoms with Crippen molar-refractivity contribution in [3.05, 3.63) is 34.3 Å². The van der Waals surface area contributed by atoms with E-state index in [9.17, 15) is 4.79 Å². The molecule has 0 aliphatic carbocycles. The van der Waals surface area contributed by atoms with Crippen LogP contribution in [0.5, 0.6) is 0 Å². The number of benzene rings is 1. The van der Waals surface area contributed by atoms with Crippen LogP contribution in [-0.2, 0) is 0 Å². The van der Waals surface area contributed by atoms with E-state index >= 15 is 0 Å². The molecule has 0 aromatic heterocycles. The fourth-order valence-electron chi connectivity index (χ4n) is 2.71. The first-order valence-corrected chi connectivity index (χ1v) is 7.16. The Balaban J connectivity index is 2.10. The molecule has 0 radical (unpaired) electrons. The molecule has 0 bridgehead atoms. The largest absolute Gasteiger partial charge is 0.396 e. The van der Waals surface area contributed by atoms with Crippen LogP contribution in [0.15, 0.2) is 18.2 Å². The average Bonchev–Trinajstić information content (AvgIpc) is 2.39. The molecule has 1 fully saturated rings. The Morgan fingerprint density at radius 2 is 2.32 bits per heavy atom. The second kappa shape index (κ2) is 6.40. The molecule has 4 heteroatoms. The average molecular weight is 282 g/mol. The van der Waals surface area contributed by atoms with E-state index in [2.05, 4.69) is 0 Å². The third-order valence-corrected chi connectivity index (χ3v) is 4.00. The third-order valence-electron chi connectivity index (χ3n) is 3.76. The third kappa shape index (κ3) is 3.48. The molecule has 19 heavy (non-hydrogen) atoms. The molecule has 1 aliphatic heterocycles. The van der Waals surface area contributed by atoms with Gasteiger partial charge in [0, 0.05) is 30.3 Å². The molecule has 2 rings (SSSR count). The standard InChI is InChI=1S/C15H20ClNO2/c1-11-9-13(16)4-5-14(11)15(19)17-7-2-3-12(10-17)6-8-18/h4-5,9,12,18H,2-3,6-8,10H2,1H3. The summed E-state index contributed by atoms with van der Waals surface area (Å²) in [4.78, 5) is 14.4. The first-order valence-electron chi connectivity index (χ1n) is 6.78. The molecule has 1 heterocycles. The highest BCUT2D eigenvalue weighted by Gasteiger charge is 2.24. The Labute approximate surface area is 119 Å². The van der Waals surface area contributed by atoms with Gasteiger partial charge in [0.1, 0.15) is 0 Å². The van der Waals surface area contributed by atoms with Gasteiger partial charge in [0.2, 0.25) is 0 Å². The van der Waals surface area contributed by atoms with Crippen LogP contribution in [0, 0.1) is 12.8 Å². The number of aliphatic hydroxyl groups excluding tert-OH is 1. The number of halogens is 1. The van der Waals surface area contributed by atoms with E-state index in [1.165, 1.54) is 0 Å². The summed E-state index contributed by atoms with van der Waals surface area (Å²) in [5.41, 5.74) is 1.65. The predicted molar refractivity (Wildman–Crippen MR) is 76.5 cm³/mol. The summed E-state index contributed by atoms with van der Waals surface area (Å²) in [6.07, 6.45) is 2.90. The Bertz CT molecular complexity index is 459. The lowest BCUT2D eigenvalue weighted by Crippen LogP contribution is -2.40. The lowest BCUT2D eigenvalue weighted by Gasteiger charge is -2.33. The van der Waals surface area contributed by atoms with E-state index in [1.54, 1.807) is 12.1 Å². The number of hydrogen-bond acceptors (Lipinski definition) is 2. The molecule has 1 N–H and O–H groups in total. The van der Waals surface area contributed by atoms with E-state index in [0.29, 0.717) is 10.9 Å². The van der Waals surface area contributed by atoms with Crippen molar-refractivity contribution in [3.8, 4) is 0 Å². The van der Waals surface area contributed by atoms with Gasteiger partial charge in [0.15, 0.2) is 0 Å². The van der Waals surface area contributed by atoms with Crippen molar-refractivity contribution in [1.29, 1.82) is 0 Å². The number of aryl methyl sites for hydroxylation is 1. The smallest absolute Gasteiger partial charge is 0.254 e. The lowest BCUT2D eigenvalue weighted by molar-refractivity contribution is 0.0653. The zero-order valence-electron chi connectivity index (χ0n) is 11.2. The lowest BCUT2D eigenvalue weighted by atomic mass is 9.94. The molecule has 0 spiro atoms. The maximum absolute atomic E-state index is 12.5. The SMILES string of the molecule is Cc1cc(Cl)ccc1C(=O)N1CCCC(CCO)C1. The highest BCUT2D eigenvalue weighted by Crippen LogP contribution is 2.23. The van der Waals surface area contributed by atoms with Crippen LogP contribution in [0.2, 0.25) is 5.02 Å². The number of rotatable bonds is 3. The Kier molecular flexibility index (Phi) is 4.83. The van der Waals surface area contributed by atoms with E-state index < -0.39 is 0 Å². The quantitative estimate of drug-likeness (QED) is 0.925. The second-order valence-corrected chi connectivity index (χ2v) is 5.67. The first kappa shape index (κ1) is 14.4. The molecule has 104 valence electrons. The second-order valence-electron chi connectivity index (χ2n) is 5.23. The van der Waals surface area contributed by atoms with Crippen LogP contribution in [0.25, 0.3) is 0 Å². The van der Waals surface area contributed by atoms with Crippen LogP contribution in [0.1, 0.15) is 35.2 Å². The minimum atomic E-state index is 0.0804. The van der Waals surface area contributed by atoms with Gasteiger partial charge in [0.05, 0.1) is 0 Å². The normalized spacial score (nSPS) is 19.5. The maximum atomic E-state index is 12.5. The van der Waals surface area contributed by atoms with E-state index in [0.717, 1.165) is 43.5 Å². The molecule has 1 saturated heterocycles. The van der Waals surface area contributed by atoms with Gasteiger partial charge < -0.3 is 10.0 Å². The summed E-state index contributed by atoms with van der Waals surface area (Å²) in [5.74, 6) is 0.507. The summed E-state index contributed by atoms with van der Waals surface area (Å²) in [5, 5.41) is 9.68. The summed E-state index contributed by atoms with van der Waals surface area (Å²) in [7, 11) is 0. The molecule has 1 aliphatic rings. The Morgan fingerprint density at radius 1 is 1.53 bits per heavy atom. The summed E-state index contributed by atoms with van der Waals surface area (Å²) < 4.78 is 0. The molecule has 1 unspecified atom stereocenters. The monoisotopic (exact) mass is 281 g/mol. The molecule has 3 nitrogen and oxygen atoms in total. The van der Waals surface area contributed by atoms with Crippen molar-refractivity contribution in [3.63, 3.8) is 0 Å². The first-order chi connectivity index (χ1) is 9.11. The molecule has 0 saturated carbocycles. The van der Waals surface area contributed by atoms with Gasteiger partial charge in [-0.2, -0.15) is 0 Å². The summed E-state index contributed by atoms with van der Waals surface area (Å²) >= 11 is 5.92. The molecular weight excluding hydrogens is 262 g/mol. The van der Waals surface area contributed by atoms with Crippen LogP contribution in [0.4, 0.5) is 0 Å². The van der Waals surface area contributed by atoms with Crippen molar-refractivity contribution < 1.29 is 9.90 Å². The fourth-order valence-corrected chi connectivity index (χ4v) is 2.93. The number of piperidine rings is 1. The van der Waals surface area contributed by atoms with Gasteiger partial charge in [-0.1, -0.05) is 11.6 Å². The molecular formula is C15H20ClNO2. The van der Waals surface area contributed by atoms with Crippen molar-refractivity contribution in [2.75, 3.05) is 19.7 Å². The van der Waals surface area contributed by atoms with Crippen LogP contribution < -0.4 is 0 Å². The van der Waals surface area contributed by atoms with E-state index in [-0.39, 0.29) is 12.5 Å². The van der Waals surface area contributed by atoms with Crippen molar-refractivity contribution in [2.45, 2.75) is 26.2 Å². The number of hydrogen-bond donors (Lipinski definition) is 1. The van der Waals surface area contributed by atoms with Crippen LogP contribution in [-0.4, -0.2) is 35.6 Å². The van der Waals surface area contributed by atoms with Crippen LogP contribution >= 0.6 is 11.6 Å². The topological polar surface area (TPSA) is 40.5 Å². The van der Waals surface area contributed by atoms with Crippen molar-refractivity contribution in [1.82, 2.24) is 4.90 Å². The summed E-state index contributed by atoms with van der Waals surface area (Å²) in [6, 6.07) is 5.39. The Morgan fingerprint density at radius 3 is 3.00 bits per heavy atom. The van der Waals surface area contributed by atoms with E-state index in [1.807, 2.05) is 17.9 Å².